The van der Waals surface area contributed by atoms with Crippen molar-refractivity contribution in [2.45, 2.75) is 0 Å². The molecule has 1 aliphatic rings. The van der Waals surface area contributed by atoms with Gasteiger partial charge in [0.2, 0.25) is 5.95 Å². The fourth-order valence-corrected chi connectivity index (χ4v) is 3.48. The molecule has 6 nitrogen and oxygen atoms in total. The van der Waals surface area contributed by atoms with Crippen LogP contribution in [0.1, 0.15) is 0 Å². The molecule has 0 unspecified atom stereocenters. The Bertz CT molecular complexity index is 946. The smallest absolute Gasteiger partial charge is 0.321 e. The molecule has 0 saturated carbocycles. The molecule has 0 radical (unpaired) electrons. The number of fused-ring (bicyclic) bond motifs is 1. The van der Waals surface area contributed by atoms with E-state index in [1.165, 1.54) is 0 Å². The van der Waals surface area contributed by atoms with E-state index < -0.39 is 0 Å². The summed E-state index contributed by atoms with van der Waals surface area (Å²) in [5.74, 6) is 0.945. The number of amides is 2. The van der Waals surface area contributed by atoms with Crippen LogP contribution < -0.4 is 10.2 Å². The first-order valence-electron chi connectivity index (χ1n) is 8.60. The van der Waals surface area contributed by atoms with E-state index in [2.05, 4.69) is 20.9 Å². The van der Waals surface area contributed by atoms with E-state index in [0.29, 0.717) is 23.8 Å². The van der Waals surface area contributed by atoms with Crippen molar-refractivity contribution in [3.05, 3.63) is 53.6 Å². The molecule has 0 atom stereocenters. The topological polar surface area (TPSA) is 53.4 Å². The summed E-state index contributed by atoms with van der Waals surface area (Å²) in [6, 6.07) is 15.2. The largest absolute Gasteiger partial charge is 0.339 e. The summed E-state index contributed by atoms with van der Waals surface area (Å²) in [7, 11) is 2.03. The second-order valence-corrected chi connectivity index (χ2v) is 6.81. The van der Waals surface area contributed by atoms with Gasteiger partial charge >= 0.3 is 6.03 Å². The number of urea groups is 1. The SMILES string of the molecule is Cn1c(N2CCN(C(=O)Nc3cccc(Cl)c3)CC2)nc2ccccc21. The Kier molecular flexibility index (Phi) is 4.42. The molecule has 2 aromatic carbocycles. The summed E-state index contributed by atoms with van der Waals surface area (Å²) in [6.45, 7) is 2.80. The number of benzene rings is 2. The Morgan fingerprint density at radius 3 is 2.58 bits per heavy atom. The van der Waals surface area contributed by atoms with Gasteiger partial charge in [-0.25, -0.2) is 9.78 Å². The van der Waals surface area contributed by atoms with Crippen molar-refractivity contribution in [1.29, 1.82) is 0 Å². The maximum absolute atomic E-state index is 12.5. The number of hydrogen-bond acceptors (Lipinski definition) is 3. The first-order valence-corrected chi connectivity index (χ1v) is 8.97. The molecule has 2 amide bonds. The van der Waals surface area contributed by atoms with E-state index in [9.17, 15) is 4.79 Å². The van der Waals surface area contributed by atoms with Gasteiger partial charge in [0.25, 0.3) is 0 Å². The highest BCUT2D eigenvalue weighted by atomic mass is 35.5. The quantitative estimate of drug-likeness (QED) is 0.751. The number of anilines is 2. The summed E-state index contributed by atoms with van der Waals surface area (Å²) >= 11 is 5.97. The molecule has 7 heteroatoms. The van der Waals surface area contributed by atoms with Crippen LogP contribution in [0.25, 0.3) is 11.0 Å². The van der Waals surface area contributed by atoms with Crippen LogP contribution in [0, 0.1) is 0 Å². The summed E-state index contributed by atoms with van der Waals surface area (Å²) in [5, 5.41) is 3.51. The Morgan fingerprint density at radius 1 is 1.08 bits per heavy atom. The third kappa shape index (κ3) is 3.20. The number of piperazine rings is 1. The first kappa shape index (κ1) is 16.7. The van der Waals surface area contributed by atoms with Crippen LogP contribution in [0.5, 0.6) is 0 Å². The summed E-state index contributed by atoms with van der Waals surface area (Å²) in [4.78, 5) is 21.2. The van der Waals surface area contributed by atoms with Crippen molar-refractivity contribution >= 4 is 40.3 Å². The van der Waals surface area contributed by atoms with Gasteiger partial charge in [-0.05, 0) is 30.3 Å². The monoisotopic (exact) mass is 369 g/mol. The molecule has 1 N–H and O–H groups in total. The number of hydrogen-bond donors (Lipinski definition) is 1. The average molecular weight is 370 g/mol. The predicted octanol–water partition coefficient (Wildman–Crippen LogP) is 3.58. The molecular formula is C19H20ClN5O. The van der Waals surface area contributed by atoms with Gasteiger partial charge in [0.05, 0.1) is 11.0 Å². The fraction of sp³-hybridized carbons (Fsp3) is 0.263. The highest BCUT2D eigenvalue weighted by Gasteiger charge is 2.24. The molecule has 3 aromatic rings. The second-order valence-electron chi connectivity index (χ2n) is 6.37. The number of aryl methyl sites for hydroxylation is 1. The fourth-order valence-electron chi connectivity index (χ4n) is 3.29. The van der Waals surface area contributed by atoms with E-state index in [1.807, 2.05) is 42.3 Å². The molecule has 0 aliphatic carbocycles. The Balaban J connectivity index is 1.42. The third-order valence-electron chi connectivity index (χ3n) is 4.69. The van der Waals surface area contributed by atoms with E-state index in [-0.39, 0.29) is 6.03 Å². The van der Waals surface area contributed by atoms with Gasteiger partial charge in [0.1, 0.15) is 0 Å². The van der Waals surface area contributed by atoms with Gasteiger partial charge in [-0.3, -0.25) is 0 Å². The molecule has 0 bridgehead atoms. The van der Waals surface area contributed by atoms with Crippen LogP contribution in [0.4, 0.5) is 16.4 Å². The van der Waals surface area contributed by atoms with Gasteiger partial charge in [-0.2, -0.15) is 0 Å². The summed E-state index contributed by atoms with van der Waals surface area (Å²) in [5.41, 5.74) is 2.81. The van der Waals surface area contributed by atoms with E-state index in [1.54, 1.807) is 12.1 Å². The molecule has 1 fully saturated rings. The van der Waals surface area contributed by atoms with Crippen molar-refractivity contribution < 1.29 is 4.79 Å². The zero-order valence-corrected chi connectivity index (χ0v) is 15.3. The van der Waals surface area contributed by atoms with Gasteiger partial charge in [0, 0.05) is 43.9 Å². The standard InChI is InChI=1S/C19H20ClN5O/c1-23-17-8-3-2-7-16(17)22-18(23)24-9-11-25(12-10-24)19(26)21-15-6-4-5-14(20)13-15/h2-8,13H,9-12H2,1H3,(H,21,26). The number of aromatic nitrogens is 2. The Labute approximate surface area is 157 Å². The number of halogens is 1. The molecule has 4 rings (SSSR count). The lowest BCUT2D eigenvalue weighted by Gasteiger charge is -2.35. The number of carbonyl (C=O) groups is 1. The van der Waals surface area contributed by atoms with Crippen LogP contribution in [0.3, 0.4) is 0 Å². The number of para-hydroxylation sites is 2. The normalized spacial score (nSPS) is 14.7. The molecule has 134 valence electrons. The van der Waals surface area contributed by atoms with Crippen LogP contribution in [0.2, 0.25) is 5.02 Å². The molecule has 1 aromatic heterocycles. The van der Waals surface area contributed by atoms with Crippen LogP contribution in [-0.2, 0) is 7.05 Å². The van der Waals surface area contributed by atoms with E-state index in [4.69, 9.17) is 16.6 Å². The highest BCUT2D eigenvalue weighted by Crippen LogP contribution is 2.22. The van der Waals surface area contributed by atoms with Gasteiger partial charge in [-0.1, -0.05) is 29.8 Å². The minimum Gasteiger partial charge on any atom is -0.339 e. The lowest BCUT2D eigenvalue weighted by Crippen LogP contribution is -2.50. The maximum atomic E-state index is 12.5. The first-order chi connectivity index (χ1) is 12.6. The number of nitrogens with one attached hydrogen (secondary N) is 1. The summed E-state index contributed by atoms with van der Waals surface area (Å²) in [6.07, 6.45) is 0. The number of rotatable bonds is 2. The van der Waals surface area contributed by atoms with E-state index in [0.717, 1.165) is 30.1 Å². The predicted molar refractivity (Wildman–Crippen MR) is 105 cm³/mol. The molecule has 0 spiro atoms. The summed E-state index contributed by atoms with van der Waals surface area (Å²) < 4.78 is 2.11. The van der Waals surface area contributed by atoms with Gasteiger partial charge in [-0.15, -0.1) is 0 Å². The van der Waals surface area contributed by atoms with E-state index >= 15 is 0 Å². The third-order valence-corrected chi connectivity index (χ3v) is 4.92. The number of nitrogens with zero attached hydrogens (tertiary/aromatic N) is 4. The maximum Gasteiger partial charge on any atom is 0.321 e. The number of imidazole rings is 1. The molecule has 2 heterocycles. The zero-order valence-electron chi connectivity index (χ0n) is 14.5. The minimum atomic E-state index is -0.100. The van der Waals surface area contributed by atoms with Crippen LogP contribution in [-0.4, -0.2) is 46.7 Å². The molecular weight excluding hydrogens is 350 g/mol. The molecule has 26 heavy (non-hydrogen) atoms. The lowest BCUT2D eigenvalue weighted by molar-refractivity contribution is 0.208. The zero-order chi connectivity index (χ0) is 18.1. The van der Waals surface area contributed by atoms with Crippen molar-refractivity contribution in [2.75, 3.05) is 36.4 Å². The Hall–Kier alpha value is -2.73. The van der Waals surface area contributed by atoms with Gasteiger partial charge < -0.3 is 19.7 Å². The molecule has 1 aliphatic heterocycles. The van der Waals surface area contributed by atoms with Crippen molar-refractivity contribution in [3.8, 4) is 0 Å². The second kappa shape index (κ2) is 6.88. The van der Waals surface area contributed by atoms with Crippen molar-refractivity contribution in [2.24, 2.45) is 7.05 Å². The Morgan fingerprint density at radius 2 is 1.85 bits per heavy atom. The number of carbonyl (C=O) groups excluding carboxylic acids is 1. The van der Waals surface area contributed by atoms with Crippen molar-refractivity contribution in [3.63, 3.8) is 0 Å². The van der Waals surface area contributed by atoms with Gasteiger partial charge in [0.15, 0.2) is 0 Å². The molecule has 1 saturated heterocycles. The van der Waals surface area contributed by atoms with Crippen LogP contribution in [0.15, 0.2) is 48.5 Å². The lowest BCUT2D eigenvalue weighted by atomic mass is 10.3. The van der Waals surface area contributed by atoms with Crippen molar-refractivity contribution in [1.82, 2.24) is 14.5 Å². The van der Waals surface area contributed by atoms with Crippen LogP contribution >= 0.6 is 11.6 Å². The highest BCUT2D eigenvalue weighted by molar-refractivity contribution is 6.30. The average Bonchev–Trinajstić information content (AvgIpc) is 2.99. The minimum absolute atomic E-state index is 0.100.